The van der Waals surface area contributed by atoms with Crippen LogP contribution in [-0.2, 0) is 6.54 Å². The lowest BCUT2D eigenvalue weighted by Crippen LogP contribution is -2.25. The van der Waals surface area contributed by atoms with E-state index in [1.807, 2.05) is 25.2 Å². The van der Waals surface area contributed by atoms with Gasteiger partial charge in [0.05, 0.1) is 20.7 Å². The molecule has 0 aliphatic heterocycles. The maximum atomic E-state index is 12.2. The van der Waals surface area contributed by atoms with Crippen molar-refractivity contribution < 1.29 is 0 Å². The number of rotatable bonds is 4. The molecule has 3 rings (SSSR count). The Bertz CT molecular complexity index is 858. The maximum Gasteiger partial charge on any atom is 0.258 e. The zero-order chi connectivity index (χ0) is 15.7. The van der Waals surface area contributed by atoms with E-state index in [-0.39, 0.29) is 11.6 Å². The molecule has 1 aromatic carbocycles. The van der Waals surface area contributed by atoms with Gasteiger partial charge in [-0.25, -0.2) is 4.98 Å². The molecular formula is C16H16BrN3OS. The zero-order valence-corrected chi connectivity index (χ0v) is 14.7. The van der Waals surface area contributed by atoms with Gasteiger partial charge in [0.25, 0.3) is 5.56 Å². The molecule has 0 fully saturated rings. The Morgan fingerprint density at radius 2 is 2.09 bits per heavy atom. The minimum absolute atomic E-state index is 0.0261. The number of para-hydroxylation sites is 1. The van der Waals surface area contributed by atoms with Crippen molar-refractivity contribution in [3.8, 4) is 0 Å². The lowest BCUT2D eigenvalue weighted by molar-refractivity contribution is 0.246. The van der Waals surface area contributed by atoms with Crippen LogP contribution in [-0.4, -0.2) is 21.9 Å². The van der Waals surface area contributed by atoms with E-state index in [0.717, 1.165) is 15.8 Å². The van der Waals surface area contributed by atoms with E-state index in [1.165, 1.54) is 4.88 Å². The smallest absolute Gasteiger partial charge is 0.258 e. The van der Waals surface area contributed by atoms with Gasteiger partial charge in [0.15, 0.2) is 0 Å². The fraction of sp³-hybridized carbons (Fsp3) is 0.250. The zero-order valence-electron chi connectivity index (χ0n) is 12.3. The van der Waals surface area contributed by atoms with Crippen molar-refractivity contribution in [3.05, 3.63) is 61.2 Å². The number of thiophene rings is 1. The standard InChI is InChI=1S/C16H16BrN3OS/c1-10(20(2)9-11-7-8-14(17)22-11)15-18-13-6-4-3-5-12(13)16(21)19-15/h3-8,10H,9H2,1-2H3,(H,18,19,21). The summed E-state index contributed by atoms with van der Waals surface area (Å²) in [5, 5.41) is 0.628. The van der Waals surface area contributed by atoms with Crippen LogP contribution in [0.3, 0.4) is 0 Å². The van der Waals surface area contributed by atoms with E-state index in [1.54, 1.807) is 17.4 Å². The highest BCUT2D eigenvalue weighted by Crippen LogP contribution is 2.25. The third kappa shape index (κ3) is 3.14. The van der Waals surface area contributed by atoms with Crippen molar-refractivity contribution in [2.75, 3.05) is 7.05 Å². The summed E-state index contributed by atoms with van der Waals surface area (Å²) in [5.41, 5.74) is 0.653. The molecular weight excluding hydrogens is 362 g/mol. The third-order valence-electron chi connectivity index (χ3n) is 3.72. The van der Waals surface area contributed by atoms with Crippen LogP contribution >= 0.6 is 27.3 Å². The third-order valence-corrected chi connectivity index (χ3v) is 5.33. The molecule has 4 nitrogen and oxygen atoms in total. The highest BCUT2D eigenvalue weighted by atomic mass is 79.9. The van der Waals surface area contributed by atoms with E-state index >= 15 is 0 Å². The van der Waals surface area contributed by atoms with Gasteiger partial charge in [-0.05, 0) is 54.2 Å². The summed E-state index contributed by atoms with van der Waals surface area (Å²) in [5.74, 6) is 0.696. The number of hydrogen-bond donors (Lipinski definition) is 1. The van der Waals surface area contributed by atoms with Crippen molar-refractivity contribution in [1.82, 2.24) is 14.9 Å². The highest BCUT2D eigenvalue weighted by molar-refractivity contribution is 9.11. The van der Waals surface area contributed by atoms with E-state index in [0.29, 0.717) is 11.2 Å². The Kier molecular flexibility index (Phi) is 4.42. The predicted octanol–water partition coefficient (Wildman–Crippen LogP) is 3.94. The molecule has 0 saturated carbocycles. The molecule has 22 heavy (non-hydrogen) atoms. The number of aromatic amines is 1. The average Bonchev–Trinajstić information content (AvgIpc) is 2.91. The quantitative estimate of drug-likeness (QED) is 0.748. The number of halogens is 1. The monoisotopic (exact) mass is 377 g/mol. The minimum Gasteiger partial charge on any atom is -0.309 e. The van der Waals surface area contributed by atoms with E-state index in [2.05, 4.69) is 49.9 Å². The number of H-pyrrole nitrogens is 1. The number of aromatic nitrogens is 2. The Balaban J connectivity index is 1.88. The number of benzene rings is 1. The lowest BCUT2D eigenvalue weighted by Gasteiger charge is -2.23. The van der Waals surface area contributed by atoms with Crippen LogP contribution in [0.5, 0.6) is 0 Å². The molecule has 1 unspecified atom stereocenters. The fourth-order valence-corrected chi connectivity index (χ4v) is 3.88. The molecule has 114 valence electrons. The fourth-order valence-electron chi connectivity index (χ4n) is 2.33. The second-order valence-electron chi connectivity index (χ2n) is 5.27. The molecule has 2 heterocycles. The Morgan fingerprint density at radius 1 is 1.32 bits per heavy atom. The maximum absolute atomic E-state index is 12.2. The second-order valence-corrected chi connectivity index (χ2v) is 7.81. The summed E-state index contributed by atoms with van der Waals surface area (Å²) in [6.45, 7) is 2.86. The van der Waals surface area contributed by atoms with E-state index < -0.39 is 0 Å². The molecule has 0 bridgehead atoms. The largest absolute Gasteiger partial charge is 0.309 e. The van der Waals surface area contributed by atoms with Gasteiger partial charge in [-0.15, -0.1) is 11.3 Å². The molecule has 1 atom stereocenters. The van der Waals surface area contributed by atoms with Crippen LogP contribution in [0, 0.1) is 0 Å². The Morgan fingerprint density at radius 3 is 2.82 bits per heavy atom. The van der Waals surface area contributed by atoms with Gasteiger partial charge in [0, 0.05) is 11.4 Å². The van der Waals surface area contributed by atoms with Gasteiger partial charge in [-0.2, -0.15) is 0 Å². The van der Waals surface area contributed by atoms with Crippen molar-refractivity contribution in [2.45, 2.75) is 19.5 Å². The van der Waals surface area contributed by atoms with Crippen LogP contribution in [0.2, 0.25) is 0 Å². The molecule has 0 amide bonds. The van der Waals surface area contributed by atoms with Crippen molar-refractivity contribution >= 4 is 38.2 Å². The molecule has 3 aromatic rings. The van der Waals surface area contributed by atoms with Crippen LogP contribution in [0.4, 0.5) is 0 Å². The number of fused-ring (bicyclic) bond motifs is 1. The average molecular weight is 378 g/mol. The molecule has 6 heteroatoms. The highest BCUT2D eigenvalue weighted by Gasteiger charge is 2.16. The molecule has 0 radical (unpaired) electrons. The number of nitrogens with one attached hydrogen (secondary N) is 1. The van der Waals surface area contributed by atoms with E-state index in [9.17, 15) is 4.79 Å². The lowest BCUT2D eigenvalue weighted by atomic mass is 10.2. The number of hydrogen-bond acceptors (Lipinski definition) is 4. The summed E-state index contributed by atoms with van der Waals surface area (Å²) >= 11 is 5.20. The van der Waals surface area contributed by atoms with Gasteiger partial charge < -0.3 is 4.98 Å². The van der Waals surface area contributed by atoms with Crippen LogP contribution in [0.25, 0.3) is 10.9 Å². The molecule has 0 saturated heterocycles. The van der Waals surface area contributed by atoms with Gasteiger partial charge in [0.2, 0.25) is 0 Å². The van der Waals surface area contributed by atoms with Crippen molar-refractivity contribution in [2.24, 2.45) is 0 Å². The minimum atomic E-state index is -0.0836. The molecule has 2 aromatic heterocycles. The molecule has 0 aliphatic carbocycles. The topological polar surface area (TPSA) is 49.0 Å². The second kappa shape index (κ2) is 6.32. The van der Waals surface area contributed by atoms with Crippen LogP contribution in [0.15, 0.2) is 45.0 Å². The number of nitrogens with zero attached hydrogens (tertiary/aromatic N) is 2. The predicted molar refractivity (Wildman–Crippen MR) is 94.3 cm³/mol. The first-order chi connectivity index (χ1) is 10.5. The summed E-state index contributed by atoms with van der Waals surface area (Å²) in [7, 11) is 2.04. The summed E-state index contributed by atoms with van der Waals surface area (Å²) in [6, 6.07) is 11.6. The first-order valence-corrected chi connectivity index (χ1v) is 8.59. The van der Waals surface area contributed by atoms with Crippen molar-refractivity contribution in [1.29, 1.82) is 0 Å². The molecule has 0 aliphatic rings. The van der Waals surface area contributed by atoms with E-state index in [4.69, 9.17) is 0 Å². The molecule has 1 N–H and O–H groups in total. The van der Waals surface area contributed by atoms with Crippen LogP contribution < -0.4 is 5.56 Å². The van der Waals surface area contributed by atoms with Gasteiger partial charge in [-0.3, -0.25) is 9.69 Å². The van der Waals surface area contributed by atoms with Gasteiger partial charge in [0.1, 0.15) is 5.82 Å². The summed E-state index contributed by atoms with van der Waals surface area (Å²) in [4.78, 5) is 23.1. The van der Waals surface area contributed by atoms with Crippen LogP contribution in [0.1, 0.15) is 23.7 Å². The molecule has 0 spiro atoms. The van der Waals surface area contributed by atoms with Gasteiger partial charge in [-0.1, -0.05) is 12.1 Å². The summed E-state index contributed by atoms with van der Waals surface area (Å²) in [6.07, 6.45) is 0. The SMILES string of the molecule is CC(c1nc2ccccc2c(=O)[nH]1)N(C)Cc1ccc(Br)s1. The normalized spacial score (nSPS) is 12.9. The Hall–Kier alpha value is -1.50. The first-order valence-electron chi connectivity index (χ1n) is 6.98. The summed E-state index contributed by atoms with van der Waals surface area (Å²) < 4.78 is 1.13. The first kappa shape index (κ1) is 15.4. The van der Waals surface area contributed by atoms with Gasteiger partial charge >= 0.3 is 0 Å². The Labute approximate surface area is 140 Å². The van der Waals surface area contributed by atoms with Crippen molar-refractivity contribution in [3.63, 3.8) is 0 Å².